The Balaban J connectivity index is 1.68. The van der Waals surface area contributed by atoms with Gasteiger partial charge in [0.25, 0.3) is 0 Å². The monoisotopic (exact) mass is 339 g/mol. The summed E-state index contributed by atoms with van der Waals surface area (Å²) in [6, 6.07) is 8.49. The molecule has 0 saturated heterocycles. The molecule has 1 heterocycles. The van der Waals surface area contributed by atoms with Crippen molar-refractivity contribution in [2.45, 2.75) is 25.7 Å². The number of benzene rings is 1. The van der Waals surface area contributed by atoms with Gasteiger partial charge >= 0.3 is 0 Å². The third kappa shape index (κ3) is 4.04. The van der Waals surface area contributed by atoms with Crippen molar-refractivity contribution in [2.75, 3.05) is 0 Å². The molecule has 0 unspecified atom stereocenters. The Kier molecular flexibility index (Phi) is 5.33. The summed E-state index contributed by atoms with van der Waals surface area (Å²) in [4.78, 5) is 4.38. The summed E-state index contributed by atoms with van der Waals surface area (Å²) in [7, 11) is 0. The number of aromatic nitrogens is 1. The number of nitrogens with zero attached hydrogens (tertiary/aromatic N) is 1. The van der Waals surface area contributed by atoms with Gasteiger partial charge < -0.3 is 0 Å². The van der Waals surface area contributed by atoms with Crippen LogP contribution in [0.3, 0.4) is 0 Å². The summed E-state index contributed by atoms with van der Waals surface area (Å²) in [5, 5.41) is 0.118. The van der Waals surface area contributed by atoms with Crippen molar-refractivity contribution < 1.29 is 4.39 Å². The second kappa shape index (κ2) is 7.64. The smallest absolute Gasteiger partial charge is 0.142 e. The van der Waals surface area contributed by atoms with E-state index < -0.39 is 5.82 Å². The number of hydrogen-bond donors (Lipinski definition) is 0. The largest absolute Gasteiger partial charge is 0.255 e. The lowest BCUT2D eigenvalue weighted by atomic mass is 9.82. The molecule has 0 radical (unpaired) electrons. The molecule has 0 atom stereocenters. The highest BCUT2D eigenvalue weighted by Crippen LogP contribution is 2.29. The van der Waals surface area contributed by atoms with Crippen molar-refractivity contribution in [1.82, 2.24) is 4.98 Å². The van der Waals surface area contributed by atoms with Gasteiger partial charge in [0.1, 0.15) is 5.82 Å². The van der Waals surface area contributed by atoms with Gasteiger partial charge in [0.2, 0.25) is 0 Å². The minimum Gasteiger partial charge on any atom is -0.255 e. The predicted octanol–water partition coefficient (Wildman–Crippen LogP) is 5.89. The molecule has 24 heavy (non-hydrogen) atoms. The minimum atomic E-state index is -0.435. The average Bonchev–Trinajstić information content (AvgIpc) is 2.63. The third-order valence-electron chi connectivity index (χ3n) is 4.50. The number of rotatable bonds is 2. The lowest BCUT2D eigenvalue weighted by Crippen LogP contribution is -2.11. The molecule has 3 rings (SSSR count). The van der Waals surface area contributed by atoms with Crippen LogP contribution in [0.5, 0.6) is 0 Å². The topological polar surface area (TPSA) is 12.9 Å². The first-order valence-corrected chi connectivity index (χ1v) is 8.59. The van der Waals surface area contributed by atoms with E-state index in [0.717, 1.165) is 18.4 Å². The average molecular weight is 340 g/mol. The van der Waals surface area contributed by atoms with E-state index in [1.54, 1.807) is 18.3 Å². The van der Waals surface area contributed by atoms with Gasteiger partial charge in [-0.1, -0.05) is 35.6 Å². The second-order valence-corrected chi connectivity index (χ2v) is 6.58. The van der Waals surface area contributed by atoms with Crippen molar-refractivity contribution >= 4 is 11.6 Å². The van der Waals surface area contributed by atoms with Crippen LogP contribution >= 0.6 is 11.6 Å². The number of pyridine rings is 1. The third-order valence-corrected chi connectivity index (χ3v) is 4.81. The molecule has 122 valence electrons. The Morgan fingerprint density at radius 2 is 1.96 bits per heavy atom. The molecule has 0 amide bonds. The molecule has 1 saturated carbocycles. The maximum atomic E-state index is 13.5. The van der Waals surface area contributed by atoms with Crippen molar-refractivity contribution in [1.29, 1.82) is 0 Å². The van der Waals surface area contributed by atoms with Gasteiger partial charge in [-0.05, 0) is 55.9 Å². The molecule has 1 aromatic carbocycles. The zero-order chi connectivity index (χ0) is 16.9. The van der Waals surface area contributed by atoms with Crippen molar-refractivity contribution in [2.24, 2.45) is 11.8 Å². The molecule has 2 aromatic rings. The van der Waals surface area contributed by atoms with Crippen molar-refractivity contribution in [3.8, 4) is 23.1 Å². The van der Waals surface area contributed by atoms with E-state index in [9.17, 15) is 4.39 Å². The molecule has 0 bridgehead atoms. The normalized spacial score (nSPS) is 20.1. The summed E-state index contributed by atoms with van der Waals surface area (Å²) in [5.74, 6) is 7.25. The zero-order valence-electron chi connectivity index (χ0n) is 13.4. The molecule has 3 heteroatoms. The zero-order valence-corrected chi connectivity index (χ0v) is 14.2. The summed E-state index contributed by atoms with van der Waals surface area (Å²) in [6.07, 6.45) is 8.44. The van der Waals surface area contributed by atoms with Gasteiger partial charge in [0.15, 0.2) is 0 Å². The van der Waals surface area contributed by atoms with Gasteiger partial charge in [-0.3, -0.25) is 4.98 Å². The first-order chi connectivity index (χ1) is 11.7. The molecular formula is C21H19ClFN. The molecular weight excluding hydrogens is 321 g/mol. The highest BCUT2D eigenvalue weighted by atomic mass is 35.5. The predicted molar refractivity (Wildman–Crippen MR) is 97.2 cm³/mol. The Bertz CT molecular complexity index is 778. The molecule has 1 aliphatic carbocycles. The van der Waals surface area contributed by atoms with Gasteiger partial charge in [0, 0.05) is 23.2 Å². The number of hydrogen-bond acceptors (Lipinski definition) is 1. The quantitative estimate of drug-likeness (QED) is 0.491. The van der Waals surface area contributed by atoms with Gasteiger partial charge in [-0.15, -0.1) is 6.58 Å². The summed E-state index contributed by atoms with van der Waals surface area (Å²) in [5.41, 5.74) is 2.31. The maximum Gasteiger partial charge on any atom is 0.142 e. The first kappa shape index (κ1) is 16.7. The van der Waals surface area contributed by atoms with E-state index in [4.69, 9.17) is 11.6 Å². The van der Waals surface area contributed by atoms with E-state index in [1.165, 1.54) is 18.9 Å². The van der Waals surface area contributed by atoms with Crippen molar-refractivity contribution in [3.63, 3.8) is 0 Å². The van der Waals surface area contributed by atoms with E-state index in [-0.39, 0.29) is 5.02 Å². The molecule has 0 spiro atoms. The molecule has 1 aliphatic rings. The lowest BCUT2D eigenvalue weighted by molar-refractivity contribution is 0.365. The van der Waals surface area contributed by atoms with Crippen molar-refractivity contribution in [3.05, 3.63) is 65.6 Å². The van der Waals surface area contributed by atoms with E-state index in [0.29, 0.717) is 23.1 Å². The van der Waals surface area contributed by atoms with Crippen LogP contribution in [0, 0.1) is 29.5 Å². The second-order valence-electron chi connectivity index (χ2n) is 6.18. The Labute approximate surface area is 147 Å². The molecule has 1 nitrogen and oxygen atoms in total. The van der Waals surface area contributed by atoms with Crippen LogP contribution in [0.4, 0.5) is 4.39 Å². The molecule has 1 aromatic heterocycles. The summed E-state index contributed by atoms with van der Waals surface area (Å²) >= 11 is 5.71. The number of halogens is 2. The van der Waals surface area contributed by atoms with Gasteiger partial charge in [-0.25, -0.2) is 4.39 Å². The van der Waals surface area contributed by atoms with E-state index in [2.05, 4.69) is 29.5 Å². The molecule has 0 N–H and O–H groups in total. The van der Waals surface area contributed by atoms with Gasteiger partial charge in [-0.2, -0.15) is 0 Å². The van der Waals surface area contributed by atoms with Crippen LogP contribution in [0.25, 0.3) is 11.3 Å². The van der Waals surface area contributed by atoms with E-state index in [1.807, 2.05) is 12.1 Å². The van der Waals surface area contributed by atoms with Crippen LogP contribution in [0.15, 0.2) is 49.2 Å². The van der Waals surface area contributed by atoms with Gasteiger partial charge in [0.05, 0.1) is 10.7 Å². The molecule has 1 fully saturated rings. The van der Waals surface area contributed by atoms with Crippen LogP contribution in [0.1, 0.15) is 31.2 Å². The lowest BCUT2D eigenvalue weighted by Gasteiger charge is -2.22. The fourth-order valence-corrected chi connectivity index (χ4v) is 3.10. The van der Waals surface area contributed by atoms with Crippen LogP contribution in [0.2, 0.25) is 5.02 Å². The Morgan fingerprint density at radius 1 is 1.17 bits per heavy atom. The first-order valence-electron chi connectivity index (χ1n) is 8.21. The van der Waals surface area contributed by atoms with E-state index >= 15 is 0 Å². The SMILES string of the molecule is C=C[C@H]1CC[C@H](C#Cc2ccc(-c3ccc(Cl)c(F)c3)nc2)CC1. The summed E-state index contributed by atoms with van der Waals surface area (Å²) in [6.45, 7) is 3.87. The molecule has 0 aliphatic heterocycles. The highest BCUT2D eigenvalue weighted by molar-refractivity contribution is 6.30. The Hall–Kier alpha value is -2.11. The Morgan fingerprint density at radius 3 is 2.58 bits per heavy atom. The van der Waals surface area contributed by atoms with Crippen LogP contribution < -0.4 is 0 Å². The summed E-state index contributed by atoms with van der Waals surface area (Å²) < 4.78 is 13.5. The minimum absolute atomic E-state index is 0.118. The fraction of sp³-hybridized carbons (Fsp3) is 0.286. The number of allylic oxidation sites excluding steroid dienone is 1. The van der Waals surface area contributed by atoms with Crippen LogP contribution in [-0.2, 0) is 0 Å². The highest BCUT2D eigenvalue weighted by Gasteiger charge is 2.17. The standard InChI is InChI=1S/C21H19ClFN/c1-2-15-3-5-16(6-4-15)7-8-17-9-12-21(24-14-17)18-10-11-19(22)20(23)13-18/h2,9-16H,1,3-6H2/t15-,16-. The maximum absolute atomic E-state index is 13.5. The van der Waals surface area contributed by atoms with Crippen LogP contribution in [-0.4, -0.2) is 4.98 Å². The fourth-order valence-electron chi connectivity index (χ4n) is 2.98.